The average Bonchev–Trinajstić information content (AvgIpc) is 2.62. The van der Waals surface area contributed by atoms with Gasteiger partial charge in [0.05, 0.1) is 5.56 Å². The number of carboxylic acids is 1. The van der Waals surface area contributed by atoms with E-state index in [-0.39, 0.29) is 11.6 Å². The highest BCUT2D eigenvalue weighted by molar-refractivity contribution is 5.96. The monoisotopic (exact) mass is 308 g/mol. The second-order valence-electron chi connectivity index (χ2n) is 5.35. The summed E-state index contributed by atoms with van der Waals surface area (Å²) in [6, 6.07) is 12.8. The van der Waals surface area contributed by atoms with Gasteiger partial charge in [0.15, 0.2) is 0 Å². The Morgan fingerprint density at radius 1 is 1.09 bits per heavy atom. The molecule has 0 fully saturated rings. The molecule has 2 heterocycles. The molecule has 5 heteroatoms. The van der Waals surface area contributed by atoms with Crippen LogP contribution in [0.15, 0.2) is 54.7 Å². The highest BCUT2D eigenvalue weighted by Gasteiger charge is 2.21. The van der Waals surface area contributed by atoms with Crippen molar-refractivity contribution >= 4 is 17.4 Å². The largest absolute Gasteiger partial charge is 0.477 e. The van der Waals surface area contributed by atoms with Gasteiger partial charge in [0.1, 0.15) is 5.69 Å². The van der Waals surface area contributed by atoms with Crippen molar-refractivity contribution < 1.29 is 14.7 Å². The molecule has 3 rings (SSSR count). The number of hydrogen-bond acceptors (Lipinski definition) is 3. The minimum Gasteiger partial charge on any atom is -0.477 e. The van der Waals surface area contributed by atoms with Crippen molar-refractivity contribution in [3.63, 3.8) is 0 Å². The smallest absolute Gasteiger partial charge is 0.354 e. The van der Waals surface area contributed by atoms with Crippen LogP contribution in [0, 0.1) is 0 Å². The quantitative estimate of drug-likeness (QED) is 0.946. The number of aromatic nitrogens is 1. The lowest BCUT2D eigenvalue weighted by atomic mass is 10.0. The van der Waals surface area contributed by atoms with E-state index >= 15 is 0 Å². The number of amides is 1. The lowest BCUT2D eigenvalue weighted by molar-refractivity contribution is 0.0688. The van der Waals surface area contributed by atoms with Gasteiger partial charge in [0.2, 0.25) is 0 Å². The Bertz CT molecular complexity index is 752. The Labute approximate surface area is 133 Å². The molecule has 0 aliphatic carbocycles. The average molecular weight is 308 g/mol. The van der Waals surface area contributed by atoms with Crippen LogP contribution in [0.25, 0.3) is 5.57 Å². The van der Waals surface area contributed by atoms with E-state index in [0.717, 1.165) is 17.6 Å². The first kappa shape index (κ1) is 15.0. The van der Waals surface area contributed by atoms with Crippen LogP contribution < -0.4 is 0 Å². The topological polar surface area (TPSA) is 70.5 Å². The number of nitrogens with zero attached hydrogens (tertiary/aromatic N) is 2. The number of pyridine rings is 1. The van der Waals surface area contributed by atoms with E-state index in [1.807, 2.05) is 30.3 Å². The molecule has 0 spiro atoms. The molecule has 1 N–H and O–H groups in total. The van der Waals surface area contributed by atoms with Gasteiger partial charge in [-0.15, -0.1) is 0 Å². The van der Waals surface area contributed by atoms with Crippen LogP contribution in [0.3, 0.4) is 0 Å². The van der Waals surface area contributed by atoms with Gasteiger partial charge in [0, 0.05) is 19.3 Å². The second kappa shape index (κ2) is 6.44. The summed E-state index contributed by atoms with van der Waals surface area (Å²) in [5.74, 6) is -1.23. The predicted molar refractivity (Wildman–Crippen MR) is 86.1 cm³/mol. The van der Waals surface area contributed by atoms with Crippen molar-refractivity contribution in [2.24, 2.45) is 0 Å². The highest BCUT2D eigenvalue weighted by Crippen LogP contribution is 2.21. The van der Waals surface area contributed by atoms with Crippen molar-refractivity contribution in [2.45, 2.75) is 6.42 Å². The fraction of sp³-hybridized carbons (Fsp3) is 0.167. The van der Waals surface area contributed by atoms with Gasteiger partial charge in [-0.3, -0.25) is 4.79 Å². The lowest BCUT2D eigenvalue weighted by Crippen LogP contribution is -2.35. The summed E-state index contributed by atoms with van der Waals surface area (Å²) in [5, 5.41) is 8.86. The van der Waals surface area contributed by atoms with Crippen LogP contribution in [-0.2, 0) is 0 Å². The maximum absolute atomic E-state index is 12.6. The molecule has 0 saturated carbocycles. The fourth-order valence-electron chi connectivity index (χ4n) is 2.61. The Morgan fingerprint density at radius 3 is 2.52 bits per heavy atom. The Morgan fingerprint density at radius 2 is 1.87 bits per heavy atom. The Kier molecular flexibility index (Phi) is 4.19. The Hall–Kier alpha value is -2.95. The van der Waals surface area contributed by atoms with E-state index < -0.39 is 5.97 Å². The van der Waals surface area contributed by atoms with Crippen molar-refractivity contribution in [2.75, 3.05) is 13.1 Å². The molecule has 0 unspecified atom stereocenters. The number of aromatic carboxylic acids is 1. The van der Waals surface area contributed by atoms with Gasteiger partial charge in [-0.05, 0) is 29.7 Å². The normalized spacial score (nSPS) is 14.3. The number of carbonyl (C=O) groups is 2. The summed E-state index contributed by atoms with van der Waals surface area (Å²) in [6.07, 6.45) is 4.29. The SMILES string of the molecule is O=C(O)c1ccc(C(=O)N2CCC=C(c3ccccc3)C2)cn1. The van der Waals surface area contributed by atoms with Crippen LogP contribution in [0.2, 0.25) is 0 Å². The molecule has 1 aromatic carbocycles. The molecular weight excluding hydrogens is 292 g/mol. The summed E-state index contributed by atoms with van der Waals surface area (Å²) in [7, 11) is 0. The third-order valence-corrected chi connectivity index (χ3v) is 3.81. The molecule has 116 valence electrons. The molecule has 1 aliphatic rings. The van der Waals surface area contributed by atoms with Gasteiger partial charge in [-0.2, -0.15) is 0 Å². The molecule has 0 bridgehead atoms. The minimum atomic E-state index is -1.10. The molecule has 0 radical (unpaired) electrons. The van der Waals surface area contributed by atoms with Crippen LogP contribution in [0.1, 0.15) is 32.8 Å². The molecule has 0 atom stereocenters. The van der Waals surface area contributed by atoms with Crippen molar-refractivity contribution in [3.8, 4) is 0 Å². The fourth-order valence-corrected chi connectivity index (χ4v) is 2.61. The standard InChI is InChI=1S/C18H16N2O3/c21-17(14-8-9-16(18(22)23)19-11-14)20-10-4-7-15(12-20)13-5-2-1-3-6-13/h1-3,5-9,11H,4,10,12H2,(H,22,23). The zero-order chi connectivity index (χ0) is 16.2. The van der Waals surface area contributed by atoms with Crippen molar-refractivity contribution in [3.05, 3.63) is 71.6 Å². The third kappa shape index (κ3) is 3.29. The predicted octanol–water partition coefficient (Wildman–Crippen LogP) is 2.71. The van der Waals surface area contributed by atoms with Crippen LogP contribution in [-0.4, -0.2) is 40.0 Å². The van der Waals surface area contributed by atoms with Crippen LogP contribution in [0.5, 0.6) is 0 Å². The van der Waals surface area contributed by atoms with Crippen molar-refractivity contribution in [1.82, 2.24) is 9.88 Å². The van der Waals surface area contributed by atoms with Gasteiger partial charge in [-0.25, -0.2) is 9.78 Å². The number of carboxylic acid groups (broad SMARTS) is 1. The zero-order valence-corrected chi connectivity index (χ0v) is 12.5. The summed E-state index contributed by atoms with van der Waals surface area (Å²) in [6.45, 7) is 1.19. The van der Waals surface area contributed by atoms with Crippen LogP contribution >= 0.6 is 0 Å². The van der Waals surface area contributed by atoms with Gasteiger partial charge in [-0.1, -0.05) is 36.4 Å². The van der Waals surface area contributed by atoms with E-state index in [4.69, 9.17) is 5.11 Å². The van der Waals surface area contributed by atoms with Crippen LogP contribution in [0.4, 0.5) is 0 Å². The van der Waals surface area contributed by atoms with E-state index in [9.17, 15) is 9.59 Å². The number of benzene rings is 1. The molecule has 2 aromatic rings. The Balaban J connectivity index is 1.76. The van der Waals surface area contributed by atoms with Gasteiger partial charge < -0.3 is 10.0 Å². The number of rotatable bonds is 3. The maximum atomic E-state index is 12.6. The first-order chi connectivity index (χ1) is 11.1. The summed E-state index contributed by atoms with van der Waals surface area (Å²) >= 11 is 0. The molecule has 1 aromatic heterocycles. The molecule has 1 amide bonds. The molecule has 0 saturated heterocycles. The van der Waals surface area contributed by atoms with E-state index in [1.165, 1.54) is 18.3 Å². The highest BCUT2D eigenvalue weighted by atomic mass is 16.4. The first-order valence-electron chi connectivity index (χ1n) is 7.38. The second-order valence-corrected chi connectivity index (χ2v) is 5.35. The van der Waals surface area contributed by atoms with E-state index in [0.29, 0.717) is 18.7 Å². The molecule has 1 aliphatic heterocycles. The first-order valence-corrected chi connectivity index (χ1v) is 7.38. The summed E-state index contributed by atoms with van der Waals surface area (Å²) in [5.41, 5.74) is 2.58. The number of carbonyl (C=O) groups excluding carboxylic acids is 1. The third-order valence-electron chi connectivity index (χ3n) is 3.81. The number of hydrogen-bond donors (Lipinski definition) is 1. The molecule has 5 nitrogen and oxygen atoms in total. The summed E-state index contributed by atoms with van der Waals surface area (Å²) in [4.78, 5) is 29.0. The summed E-state index contributed by atoms with van der Waals surface area (Å²) < 4.78 is 0. The van der Waals surface area contributed by atoms with E-state index in [2.05, 4.69) is 11.1 Å². The zero-order valence-electron chi connectivity index (χ0n) is 12.5. The van der Waals surface area contributed by atoms with Gasteiger partial charge in [0.25, 0.3) is 5.91 Å². The van der Waals surface area contributed by atoms with Crippen molar-refractivity contribution in [1.29, 1.82) is 0 Å². The molecule has 23 heavy (non-hydrogen) atoms. The maximum Gasteiger partial charge on any atom is 0.354 e. The van der Waals surface area contributed by atoms with Gasteiger partial charge >= 0.3 is 5.97 Å². The molecular formula is C18H16N2O3. The minimum absolute atomic E-state index is 0.0648. The lowest BCUT2D eigenvalue weighted by Gasteiger charge is -2.27. The van der Waals surface area contributed by atoms with E-state index in [1.54, 1.807) is 4.90 Å².